The van der Waals surface area contributed by atoms with Crippen LogP contribution in [0.5, 0.6) is 0 Å². The highest BCUT2D eigenvalue weighted by molar-refractivity contribution is 5.82. The zero-order chi connectivity index (χ0) is 14.3. The standard InChI is InChI=1S/C12H21NO6/c1-17-7-5-13(6-8-18-2)11(14)9-3-4-10(19-9)12(15)16/h9-10H,3-8H2,1-2H3,(H,15,16). The summed E-state index contributed by atoms with van der Waals surface area (Å²) in [4.78, 5) is 24.6. The number of carboxylic acid groups (broad SMARTS) is 1. The van der Waals surface area contributed by atoms with E-state index >= 15 is 0 Å². The van der Waals surface area contributed by atoms with E-state index in [1.54, 1.807) is 19.1 Å². The van der Waals surface area contributed by atoms with Crippen molar-refractivity contribution in [1.29, 1.82) is 0 Å². The quantitative estimate of drug-likeness (QED) is 0.657. The molecule has 0 aromatic carbocycles. The van der Waals surface area contributed by atoms with Gasteiger partial charge in [0.25, 0.3) is 5.91 Å². The molecule has 1 aliphatic heterocycles. The summed E-state index contributed by atoms with van der Waals surface area (Å²) in [6, 6.07) is 0. The highest BCUT2D eigenvalue weighted by Crippen LogP contribution is 2.21. The first kappa shape index (κ1) is 15.9. The van der Waals surface area contributed by atoms with E-state index in [4.69, 9.17) is 19.3 Å². The highest BCUT2D eigenvalue weighted by atomic mass is 16.5. The van der Waals surface area contributed by atoms with Gasteiger partial charge in [-0.05, 0) is 12.8 Å². The van der Waals surface area contributed by atoms with Crippen LogP contribution >= 0.6 is 0 Å². The molecule has 0 bridgehead atoms. The summed E-state index contributed by atoms with van der Waals surface area (Å²) < 4.78 is 15.2. The molecule has 1 saturated heterocycles. The molecule has 110 valence electrons. The molecule has 19 heavy (non-hydrogen) atoms. The first-order valence-corrected chi connectivity index (χ1v) is 6.25. The molecular weight excluding hydrogens is 254 g/mol. The molecule has 7 heteroatoms. The maximum Gasteiger partial charge on any atom is 0.332 e. The van der Waals surface area contributed by atoms with Crippen LogP contribution in [-0.4, -0.2) is 74.6 Å². The van der Waals surface area contributed by atoms with E-state index in [0.29, 0.717) is 39.1 Å². The number of methoxy groups -OCH3 is 2. The second kappa shape index (κ2) is 8.08. The molecule has 1 heterocycles. The molecule has 1 N–H and O–H groups in total. The number of hydrogen-bond donors (Lipinski definition) is 1. The Morgan fingerprint density at radius 2 is 1.68 bits per heavy atom. The third-order valence-electron chi connectivity index (χ3n) is 3.01. The number of hydrogen-bond acceptors (Lipinski definition) is 5. The summed E-state index contributed by atoms with van der Waals surface area (Å²) in [5.74, 6) is -1.21. The lowest BCUT2D eigenvalue weighted by Crippen LogP contribution is -2.43. The minimum Gasteiger partial charge on any atom is -0.479 e. The molecule has 1 aliphatic rings. The van der Waals surface area contributed by atoms with Gasteiger partial charge in [0, 0.05) is 27.3 Å². The number of amides is 1. The summed E-state index contributed by atoms with van der Waals surface area (Å²) in [6.45, 7) is 1.72. The fourth-order valence-corrected chi connectivity index (χ4v) is 1.94. The molecule has 2 atom stereocenters. The third kappa shape index (κ3) is 4.77. The Kier molecular flexibility index (Phi) is 6.75. The number of nitrogens with zero attached hydrogens (tertiary/aromatic N) is 1. The summed E-state index contributed by atoms with van der Waals surface area (Å²) in [5.41, 5.74) is 0. The highest BCUT2D eigenvalue weighted by Gasteiger charge is 2.36. The SMILES string of the molecule is COCCN(CCOC)C(=O)C1CCC(C(=O)O)O1. The van der Waals surface area contributed by atoms with Gasteiger partial charge in [0.15, 0.2) is 6.10 Å². The predicted molar refractivity (Wildman–Crippen MR) is 65.9 cm³/mol. The number of aliphatic carboxylic acids is 1. The van der Waals surface area contributed by atoms with E-state index in [1.807, 2.05) is 0 Å². The van der Waals surface area contributed by atoms with Gasteiger partial charge in [0.05, 0.1) is 13.2 Å². The van der Waals surface area contributed by atoms with E-state index < -0.39 is 18.2 Å². The lowest BCUT2D eigenvalue weighted by atomic mass is 10.2. The second-order valence-corrected chi connectivity index (χ2v) is 4.34. The Balaban J connectivity index is 2.53. The van der Waals surface area contributed by atoms with E-state index in [2.05, 4.69) is 0 Å². The van der Waals surface area contributed by atoms with Gasteiger partial charge in [0.2, 0.25) is 0 Å². The van der Waals surface area contributed by atoms with Gasteiger partial charge in [-0.25, -0.2) is 4.79 Å². The second-order valence-electron chi connectivity index (χ2n) is 4.34. The van der Waals surface area contributed by atoms with Gasteiger partial charge in [-0.1, -0.05) is 0 Å². The maximum absolute atomic E-state index is 12.2. The van der Waals surface area contributed by atoms with Crippen molar-refractivity contribution in [3.05, 3.63) is 0 Å². The van der Waals surface area contributed by atoms with Crippen molar-refractivity contribution >= 4 is 11.9 Å². The van der Waals surface area contributed by atoms with Gasteiger partial charge in [-0.3, -0.25) is 4.79 Å². The Labute approximate surface area is 112 Å². The zero-order valence-corrected chi connectivity index (χ0v) is 11.3. The average molecular weight is 275 g/mol. The summed E-state index contributed by atoms with van der Waals surface area (Å²) in [7, 11) is 3.12. The molecule has 0 radical (unpaired) electrons. The first-order valence-electron chi connectivity index (χ1n) is 6.25. The molecule has 2 unspecified atom stereocenters. The molecule has 1 fully saturated rings. The van der Waals surface area contributed by atoms with Gasteiger partial charge in [0.1, 0.15) is 6.10 Å². The molecule has 7 nitrogen and oxygen atoms in total. The van der Waals surface area contributed by atoms with Gasteiger partial charge in [-0.2, -0.15) is 0 Å². The van der Waals surface area contributed by atoms with Crippen molar-refractivity contribution in [3.63, 3.8) is 0 Å². The van der Waals surface area contributed by atoms with Crippen molar-refractivity contribution in [2.75, 3.05) is 40.5 Å². The van der Waals surface area contributed by atoms with Crippen LogP contribution in [0.15, 0.2) is 0 Å². The van der Waals surface area contributed by atoms with Crippen molar-refractivity contribution in [1.82, 2.24) is 4.90 Å². The molecule has 0 aliphatic carbocycles. The number of ether oxygens (including phenoxy) is 3. The summed E-state index contributed by atoms with van der Waals surface area (Å²) >= 11 is 0. The third-order valence-corrected chi connectivity index (χ3v) is 3.01. The van der Waals surface area contributed by atoms with Crippen LogP contribution in [-0.2, 0) is 23.8 Å². The van der Waals surface area contributed by atoms with Crippen LogP contribution in [0.4, 0.5) is 0 Å². The first-order chi connectivity index (χ1) is 9.10. The van der Waals surface area contributed by atoms with Crippen LogP contribution in [0.1, 0.15) is 12.8 Å². The van der Waals surface area contributed by atoms with E-state index in [1.165, 1.54) is 0 Å². The number of carboxylic acids is 1. The predicted octanol–water partition coefficient (Wildman–Crippen LogP) is -0.260. The lowest BCUT2D eigenvalue weighted by molar-refractivity contribution is -0.155. The smallest absolute Gasteiger partial charge is 0.332 e. The Bertz CT molecular complexity index is 301. The van der Waals surface area contributed by atoms with Crippen LogP contribution in [0.2, 0.25) is 0 Å². The van der Waals surface area contributed by atoms with Crippen molar-refractivity contribution in [2.45, 2.75) is 25.0 Å². The minimum atomic E-state index is -1.02. The van der Waals surface area contributed by atoms with Gasteiger partial charge >= 0.3 is 5.97 Å². The number of rotatable bonds is 8. The molecule has 0 saturated carbocycles. The van der Waals surface area contributed by atoms with Crippen LogP contribution in [0.25, 0.3) is 0 Å². The van der Waals surface area contributed by atoms with Crippen LogP contribution in [0.3, 0.4) is 0 Å². The van der Waals surface area contributed by atoms with Gasteiger partial charge < -0.3 is 24.2 Å². The topological polar surface area (TPSA) is 85.3 Å². The molecule has 1 amide bonds. The van der Waals surface area contributed by atoms with E-state index in [9.17, 15) is 9.59 Å². The van der Waals surface area contributed by atoms with E-state index in [-0.39, 0.29) is 5.91 Å². The molecule has 0 aromatic heterocycles. The molecule has 0 spiro atoms. The summed E-state index contributed by atoms with van der Waals surface area (Å²) in [6.07, 6.45) is -0.740. The number of carbonyl (C=O) groups is 2. The zero-order valence-electron chi connectivity index (χ0n) is 11.3. The van der Waals surface area contributed by atoms with Crippen LogP contribution < -0.4 is 0 Å². The number of carbonyl (C=O) groups excluding carboxylic acids is 1. The van der Waals surface area contributed by atoms with E-state index in [0.717, 1.165) is 0 Å². The Morgan fingerprint density at radius 1 is 1.16 bits per heavy atom. The van der Waals surface area contributed by atoms with Crippen molar-refractivity contribution in [2.24, 2.45) is 0 Å². The Hall–Kier alpha value is -1.18. The fraction of sp³-hybridized carbons (Fsp3) is 0.833. The van der Waals surface area contributed by atoms with Gasteiger partial charge in [-0.15, -0.1) is 0 Å². The largest absolute Gasteiger partial charge is 0.479 e. The van der Waals surface area contributed by atoms with Crippen molar-refractivity contribution in [3.8, 4) is 0 Å². The summed E-state index contributed by atoms with van der Waals surface area (Å²) in [5, 5.41) is 8.84. The Morgan fingerprint density at radius 3 is 2.11 bits per heavy atom. The normalized spacial score (nSPS) is 22.4. The maximum atomic E-state index is 12.2. The van der Waals surface area contributed by atoms with Crippen molar-refractivity contribution < 1.29 is 28.9 Å². The molecule has 1 rings (SSSR count). The fourth-order valence-electron chi connectivity index (χ4n) is 1.94. The van der Waals surface area contributed by atoms with Crippen LogP contribution in [0, 0.1) is 0 Å². The lowest BCUT2D eigenvalue weighted by Gasteiger charge is -2.24. The molecular formula is C12H21NO6. The molecule has 0 aromatic rings. The minimum absolute atomic E-state index is 0.196. The monoisotopic (exact) mass is 275 g/mol. The average Bonchev–Trinajstić information content (AvgIpc) is 2.88.